The molecule has 0 unspecified atom stereocenters. The lowest BCUT2D eigenvalue weighted by atomic mass is 10.1. The van der Waals surface area contributed by atoms with Crippen LogP contribution in [0.25, 0.3) is 5.57 Å². The fourth-order valence-corrected chi connectivity index (χ4v) is 1.37. The Morgan fingerprint density at radius 3 is 2.67 bits per heavy atom. The average Bonchev–Trinajstić information content (AvgIpc) is 2.89. The fraction of sp³-hybridized carbons (Fsp3) is 0.182. The predicted octanol–water partition coefficient (Wildman–Crippen LogP) is 2.01. The van der Waals surface area contributed by atoms with Crippen molar-refractivity contribution in [3.05, 3.63) is 47.9 Å². The van der Waals surface area contributed by atoms with Gasteiger partial charge in [0.2, 0.25) is 0 Å². The molecule has 0 amide bonds. The van der Waals surface area contributed by atoms with Gasteiger partial charge in [0.25, 0.3) is 0 Å². The molecule has 0 bridgehead atoms. The quantitative estimate of drug-likeness (QED) is 0.709. The lowest BCUT2D eigenvalue weighted by Gasteiger charge is -2.04. The van der Waals surface area contributed by atoms with Crippen LogP contribution >= 0.6 is 0 Å². The molecular formula is C11H12N. The highest BCUT2D eigenvalue weighted by molar-refractivity contribution is 5.88. The van der Waals surface area contributed by atoms with Crippen LogP contribution in [0, 0.1) is 6.42 Å². The lowest BCUT2D eigenvalue weighted by molar-refractivity contribution is 0.816. The van der Waals surface area contributed by atoms with Crippen molar-refractivity contribution in [1.29, 1.82) is 0 Å². The molecule has 0 spiro atoms. The van der Waals surface area contributed by atoms with Crippen molar-refractivity contribution in [3.8, 4) is 0 Å². The van der Waals surface area contributed by atoms with Crippen molar-refractivity contribution in [1.82, 2.24) is 5.32 Å². The molecule has 12 heavy (non-hydrogen) atoms. The van der Waals surface area contributed by atoms with Gasteiger partial charge in [0.05, 0.1) is 0 Å². The van der Waals surface area contributed by atoms with Gasteiger partial charge >= 0.3 is 0 Å². The van der Waals surface area contributed by atoms with E-state index < -0.39 is 0 Å². The summed E-state index contributed by atoms with van der Waals surface area (Å²) in [6.07, 6.45) is 4.29. The first kappa shape index (κ1) is 7.56. The topological polar surface area (TPSA) is 12.0 Å². The van der Waals surface area contributed by atoms with Gasteiger partial charge in [-0.1, -0.05) is 30.3 Å². The predicted molar refractivity (Wildman–Crippen MR) is 51.5 cm³/mol. The molecule has 0 atom stereocenters. The second-order valence-electron chi connectivity index (χ2n) is 2.98. The monoisotopic (exact) mass is 158 g/mol. The van der Waals surface area contributed by atoms with Crippen LogP contribution in [-0.4, -0.2) is 7.05 Å². The van der Waals surface area contributed by atoms with E-state index in [0.29, 0.717) is 0 Å². The molecule has 1 nitrogen and oxygen atoms in total. The molecule has 1 heteroatoms. The van der Waals surface area contributed by atoms with E-state index in [9.17, 15) is 0 Å². The van der Waals surface area contributed by atoms with Gasteiger partial charge in [-0.15, -0.1) is 0 Å². The first-order chi connectivity index (χ1) is 5.92. The van der Waals surface area contributed by atoms with E-state index in [1.807, 2.05) is 7.05 Å². The fourth-order valence-electron chi connectivity index (χ4n) is 1.37. The summed E-state index contributed by atoms with van der Waals surface area (Å²) in [6.45, 7) is 0.946. The summed E-state index contributed by atoms with van der Waals surface area (Å²) in [6, 6.07) is 8.50. The van der Waals surface area contributed by atoms with Crippen molar-refractivity contribution < 1.29 is 0 Å². The lowest BCUT2D eigenvalue weighted by Crippen LogP contribution is -2.06. The Hall–Kier alpha value is -1.08. The molecule has 61 valence electrons. The minimum Gasteiger partial charge on any atom is -0.316 e. The number of hydrogen-bond donors (Lipinski definition) is 1. The van der Waals surface area contributed by atoms with Crippen LogP contribution in [0.4, 0.5) is 0 Å². The number of rotatable bonds is 3. The second kappa shape index (κ2) is 3.11. The van der Waals surface area contributed by atoms with Crippen LogP contribution in [0.15, 0.2) is 30.3 Å². The SMILES string of the molecule is CNCc1ccccc1C1=C[CH]1. The van der Waals surface area contributed by atoms with E-state index in [1.165, 1.54) is 16.7 Å². The Bertz CT molecular complexity index is 313. The van der Waals surface area contributed by atoms with Crippen molar-refractivity contribution >= 4 is 5.57 Å². The zero-order valence-electron chi connectivity index (χ0n) is 7.17. The smallest absolute Gasteiger partial charge is 0.0208 e. The standard InChI is InChI=1S/C11H12N/c1-12-8-10-4-2-3-5-11(10)9-6-7-9/h2-7,12H,8H2,1H3. The van der Waals surface area contributed by atoms with Gasteiger partial charge in [-0.25, -0.2) is 0 Å². The van der Waals surface area contributed by atoms with E-state index in [0.717, 1.165) is 6.54 Å². The van der Waals surface area contributed by atoms with Crippen molar-refractivity contribution in [2.75, 3.05) is 7.05 Å². The minimum absolute atomic E-state index is 0.946. The molecule has 1 radical (unpaired) electrons. The minimum atomic E-state index is 0.946. The molecule has 1 aromatic carbocycles. The second-order valence-corrected chi connectivity index (χ2v) is 2.98. The van der Waals surface area contributed by atoms with Crippen LogP contribution in [0.2, 0.25) is 0 Å². The molecule has 0 saturated heterocycles. The summed E-state index contributed by atoms with van der Waals surface area (Å²) in [5, 5.41) is 3.17. The molecule has 0 heterocycles. The van der Waals surface area contributed by atoms with Gasteiger partial charge in [-0.2, -0.15) is 0 Å². The third-order valence-corrected chi connectivity index (χ3v) is 2.03. The molecule has 1 aromatic rings. The van der Waals surface area contributed by atoms with Crippen LogP contribution < -0.4 is 5.32 Å². The maximum absolute atomic E-state index is 3.17. The zero-order valence-corrected chi connectivity index (χ0v) is 7.17. The van der Waals surface area contributed by atoms with E-state index >= 15 is 0 Å². The van der Waals surface area contributed by atoms with Gasteiger partial charge in [-0.05, 0) is 23.7 Å². The molecule has 1 N–H and O–H groups in total. The molecule has 0 aromatic heterocycles. The van der Waals surface area contributed by atoms with Gasteiger partial charge in [0, 0.05) is 13.0 Å². The number of benzene rings is 1. The van der Waals surface area contributed by atoms with E-state index in [4.69, 9.17) is 0 Å². The molecule has 0 saturated carbocycles. The van der Waals surface area contributed by atoms with Crippen LogP contribution in [-0.2, 0) is 6.54 Å². The van der Waals surface area contributed by atoms with Gasteiger partial charge in [-0.3, -0.25) is 0 Å². The highest BCUT2D eigenvalue weighted by atomic mass is 14.8. The van der Waals surface area contributed by atoms with Crippen molar-refractivity contribution in [3.63, 3.8) is 0 Å². The summed E-state index contributed by atoms with van der Waals surface area (Å²) in [7, 11) is 1.97. The van der Waals surface area contributed by atoms with Crippen LogP contribution in [0.3, 0.4) is 0 Å². The Morgan fingerprint density at radius 2 is 2.00 bits per heavy atom. The van der Waals surface area contributed by atoms with Crippen molar-refractivity contribution in [2.24, 2.45) is 0 Å². The van der Waals surface area contributed by atoms with Gasteiger partial charge < -0.3 is 5.32 Å². The molecule has 2 rings (SSSR count). The maximum Gasteiger partial charge on any atom is 0.0208 e. The molecule has 1 aliphatic rings. The van der Waals surface area contributed by atoms with Crippen LogP contribution in [0.1, 0.15) is 11.1 Å². The summed E-state index contributed by atoms with van der Waals surface area (Å²) in [5.74, 6) is 0. The Balaban J connectivity index is 2.31. The third-order valence-electron chi connectivity index (χ3n) is 2.03. The van der Waals surface area contributed by atoms with E-state index in [-0.39, 0.29) is 0 Å². The van der Waals surface area contributed by atoms with E-state index in [2.05, 4.69) is 42.1 Å². The van der Waals surface area contributed by atoms with Gasteiger partial charge in [0.1, 0.15) is 0 Å². The zero-order chi connectivity index (χ0) is 8.39. The first-order valence-electron chi connectivity index (χ1n) is 4.20. The first-order valence-corrected chi connectivity index (χ1v) is 4.20. The number of hydrogen-bond acceptors (Lipinski definition) is 1. The average molecular weight is 158 g/mol. The summed E-state index contributed by atoms with van der Waals surface area (Å²) in [4.78, 5) is 0. The molecule has 0 fully saturated rings. The summed E-state index contributed by atoms with van der Waals surface area (Å²) < 4.78 is 0. The summed E-state index contributed by atoms with van der Waals surface area (Å²) in [5.41, 5.74) is 4.12. The highest BCUT2D eigenvalue weighted by Gasteiger charge is 2.13. The van der Waals surface area contributed by atoms with Crippen LogP contribution in [0.5, 0.6) is 0 Å². The highest BCUT2D eigenvalue weighted by Crippen LogP contribution is 2.31. The Labute approximate surface area is 73.1 Å². The number of nitrogens with one attached hydrogen (secondary N) is 1. The molecular weight excluding hydrogens is 146 g/mol. The molecule has 0 aliphatic heterocycles. The normalized spacial score (nSPS) is 14.2. The third kappa shape index (κ3) is 1.41. The molecule has 1 aliphatic carbocycles. The largest absolute Gasteiger partial charge is 0.316 e. The summed E-state index contributed by atoms with van der Waals surface area (Å²) >= 11 is 0. The number of allylic oxidation sites excluding steroid dienone is 2. The Kier molecular flexibility index (Phi) is 1.96. The van der Waals surface area contributed by atoms with Gasteiger partial charge in [0.15, 0.2) is 0 Å². The Morgan fingerprint density at radius 1 is 1.25 bits per heavy atom. The van der Waals surface area contributed by atoms with E-state index in [1.54, 1.807) is 0 Å². The maximum atomic E-state index is 3.17. The van der Waals surface area contributed by atoms with Crippen molar-refractivity contribution in [2.45, 2.75) is 6.54 Å².